The Morgan fingerprint density at radius 1 is 0.852 bits per heavy atom. The van der Waals surface area contributed by atoms with Gasteiger partial charge in [-0.15, -0.1) is 0 Å². The van der Waals surface area contributed by atoms with Crippen molar-refractivity contribution in [2.24, 2.45) is 0 Å². The van der Waals surface area contributed by atoms with E-state index >= 15 is 0 Å². The third-order valence-corrected chi connectivity index (χ3v) is 4.58. The maximum Gasteiger partial charge on any atom is 0.240 e. The molecule has 4 rings (SSSR count). The average molecular weight is 360 g/mol. The predicted octanol–water partition coefficient (Wildman–Crippen LogP) is 3.61. The summed E-state index contributed by atoms with van der Waals surface area (Å²) >= 11 is 0. The van der Waals surface area contributed by atoms with Crippen LogP contribution >= 0.6 is 0 Å². The summed E-state index contributed by atoms with van der Waals surface area (Å²) in [6, 6.07) is 20.6. The second-order valence-corrected chi connectivity index (χ2v) is 6.35. The summed E-state index contributed by atoms with van der Waals surface area (Å²) in [6.07, 6.45) is 0. The van der Waals surface area contributed by atoms with Crippen molar-refractivity contribution < 1.29 is 9.18 Å². The second kappa shape index (κ2) is 7.03. The number of carbonyl (C=O) groups excluding carboxylic acids is 1. The van der Waals surface area contributed by atoms with Crippen LogP contribution in [0.2, 0.25) is 0 Å². The molecule has 4 aromatic rings. The van der Waals surface area contributed by atoms with Gasteiger partial charge in [0.2, 0.25) is 5.91 Å². The molecule has 0 aliphatic heterocycles. The first-order chi connectivity index (χ1) is 13.1. The smallest absolute Gasteiger partial charge is 0.240 e. The van der Waals surface area contributed by atoms with Crippen LogP contribution in [0.4, 0.5) is 4.39 Å². The van der Waals surface area contributed by atoms with Gasteiger partial charge in [-0.25, -0.2) is 4.39 Å². The van der Waals surface area contributed by atoms with Crippen molar-refractivity contribution in [3.05, 3.63) is 94.4 Å². The highest BCUT2D eigenvalue weighted by Gasteiger charge is 2.12. The molecule has 1 N–H and O–H groups in total. The predicted molar refractivity (Wildman–Crippen MR) is 104 cm³/mol. The third kappa shape index (κ3) is 3.31. The number of rotatable bonds is 4. The fourth-order valence-electron chi connectivity index (χ4n) is 3.25. The van der Waals surface area contributed by atoms with Crippen LogP contribution in [0, 0.1) is 5.82 Å². The van der Waals surface area contributed by atoms with E-state index in [0.717, 1.165) is 16.6 Å². The summed E-state index contributed by atoms with van der Waals surface area (Å²) in [5.74, 6) is -0.491. The molecule has 0 spiro atoms. The number of halogens is 1. The molecule has 0 fully saturated rings. The number of aromatic nitrogens is 1. The highest BCUT2D eigenvalue weighted by Crippen LogP contribution is 2.19. The van der Waals surface area contributed by atoms with Crippen molar-refractivity contribution in [1.29, 1.82) is 0 Å². The molecule has 134 valence electrons. The molecule has 0 aliphatic carbocycles. The molecule has 0 atom stereocenters. The van der Waals surface area contributed by atoms with Gasteiger partial charge in [-0.3, -0.25) is 9.59 Å². The Kier molecular flexibility index (Phi) is 4.42. The third-order valence-electron chi connectivity index (χ3n) is 4.58. The molecular weight excluding hydrogens is 343 g/mol. The Morgan fingerprint density at radius 3 is 2.00 bits per heavy atom. The summed E-state index contributed by atoms with van der Waals surface area (Å²) in [5.41, 5.74) is 2.22. The Balaban J connectivity index is 1.68. The molecule has 1 heterocycles. The lowest BCUT2D eigenvalue weighted by molar-refractivity contribution is -0.121. The van der Waals surface area contributed by atoms with Crippen molar-refractivity contribution in [2.45, 2.75) is 13.1 Å². The molecule has 0 saturated heterocycles. The Labute approximate surface area is 154 Å². The van der Waals surface area contributed by atoms with Crippen LogP contribution in [0.3, 0.4) is 0 Å². The van der Waals surface area contributed by atoms with Crippen LogP contribution in [0.15, 0.2) is 77.6 Å². The minimum Gasteiger partial charge on any atom is -0.350 e. The monoisotopic (exact) mass is 360 g/mol. The van der Waals surface area contributed by atoms with Crippen molar-refractivity contribution in [3.8, 4) is 0 Å². The van der Waals surface area contributed by atoms with E-state index in [-0.39, 0.29) is 23.7 Å². The van der Waals surface area contributed by atoms with Gasteiger partial charge in [-0.05, 0) is 42.0 Å². The minimum atomic E-state index is -0.309. The zero-order valence-electron chi connectivity index (χ0n) is 14.5. The molecule has 0 bridgehead atoms. The van der Waals surface area contributed by atoms with Gasteiger partial charge in [0.15, 0.2) is 5.43 Å². The number of para-hydroxylation sites is 2. The lowest BCUT2D eigenvalue weighted by Gasteiger charge is -2.15. The van der Waals surface area contributed by atoms with Gasteiger partial charge in [0, 0.05) is 17.3 Å². The molecule has 27 heavy (non-hydrogen) atoms. The van der Waals surface area contributed by atoms with Gasteiger partial charge < -0.3 is 9.88 Å². The van der Waals surface area contributed by atoms with E-state index in [0.29, 0.717) is 17.3 Å². The van der Waals surface area contributed by atoms with E-state index in [1.165, 1.54) is 12.1 Å². The summed E-state index contributed by atoms with van der Waals surface area (Å²) in [5, 5.41) is 4.02. The largest absolute Gasteiger partial charge is 0.350 e. The van der Waals surface area contributed by atoms with Crippen molar-refractivity contribution in [2.75, 3.05) is 0 Å². The van der Waals surface area contributed by atoms with Gasteiger partial charge in [-0.1, -0.05) is 36.4 Å². The molecule has 5 heteroatoms. The molecule has 0 unspecified atom stereocenters. The van der Waals surface area contributed by atoms with Gasteiger partial charge in [0.25, 0.3) is 0 Å². The number of fused-ring (bicyclic) bond motifs is 2. The topological polar surface area (TPSA) is 51.1 Å². The lowest BCUT2D eigenvalue weighted by atomic mass is 10.1. The van der Waals surface area contributed by atoms with Gasteiger partial charge in [-0.2, -0.15) is 0 Å². The number of benzene rings is 3. The first kappa shape index (κ1) is 17.0. The Hall–Kier alpha value is -3.47. The fourth-order valence-corrected chi connectivity index (χ4v) is 3.25. The number of hydrogen-bond acceptors (Lipinski definition) is 2. The number of nitrogens with zero attached hydrogens (tertiary/aromatic N) is 1. The SMILES string of the molecule is O=C(Cn1c2ccccc2c(=O)c2ccccc21)NCc1ccc(F)cc1. The van der Waals surface area contributed by atoms with Crippen LogP contribution in [0.25, 0.3) is 21.8 Å². The Bertz CT molecular complexity index is 1140. The van der Waals surface area contributed by atoms with Crippen molar-refractivity contribution in [1.82, 2.24) is 9.88 Å². The minimum absolute atomic E-state index is 0.0378. The number of nitrogens with one attached hydrogen (secondary N) is 1. The van der Waals surface area contributed by atoms with E-state index in [4.69, 9.17) is 0 Å². The molecule has 0 radical (unpaired) electrons. The van der Waals surface area contributed by atoms with E-state index in [1.54, 1.807) is 24.3 Å². The number of amides is 1. The first-order valence-corrected chi connectivity index (χ1v) is 8.65. The zero-order valence-corrected chi connectivity index (χ0v) is 14.5. The molecule has 0 aliphatic rings. The number of pyridine rings is 1. The number of carbonyl (C=O) groups is 1. The highest BCUT2D eigenvalue weighted by molar-refractivity contribution is 5.94. The van der Waals surface area contributed by atoms with E-state index in [1.807, 2.05) is 41.0 Å². The van der Waals surface area contributed by atoms with Crippen LogP contribution in [-0.2, 0) is 17.9 Å². The normalized spacial score (nSPS) is 11.0. The van der Waals surface area contributed by atoms with Crippen molar-refractivity contribution in [3.63, 3.8) is 0 Å². The first-order valence-electron chi connectivity index (χ1n) is 8.65. The number of hydrogen-bond donors (Lipinski definition) is 1. The fraction of sp³-hybridized carbons (Fsp3) is 0.0909. The summed E-state index contributed by atoms with van der Waals surface area (Å²) in [4.78, 5) is 25.3. The molecule has 0 saturated carbocycles. The summed E-state index contributed by atoms with van der Waals surface area (Å²) < 4.78 is 14.8. The van der Waals surface area contributed by atoms with E-state index < -0.39 is 0 Å². The summed E-state index contributed by atoms with van der Waals surface area (Å²) in [7, 11) is 0. The van der Waals surface area contributed by atoms with Crippen LogP contribution < -0.4 is 10.7 Å². The van der Waals surface area contributed by atoms with Crippen molar-refractivity contribution >= 4 is 27.7 Å². The maximum atomic E-state index is 13.0. The van der Waals surface area contributed by atoms with Crippen LogP contribution in [-0.4, -0.2) is 10.5 Å². The summed E-state index contributed by atoms with van der Waals surface area (Å²) in [6.45, 7) is 0.400. The molecule has 1 amide bonds. The van der Waals surface area contributed by atoms with E-state index in [9.17, 15) is 14.0 Å². The zero-order chi connectivity index (χ0) is 18.8. The molecular formula is C22H17FN2O2. The second-order valence-electron chi connectivity index (χ2n) is 6.35. The highest BCUT2D eigenvalue weighted by atomic mass is 19.1. The van der Waals surface area contributed by atoms with Crippen LogP contribution in [0.5, 0.6) is 0 Å². The van der Waals surface area contributed by atoms with Gasteiger partial charge >= 0.3 is 0 Å². The quantitative estimate of drug-likeness (QED) is 0.565. The molecule has 3 aromatic carbocycles. The van der Waals surface area contributed by atoms with Crippen LogP contribution in [0.1, 0.15) is 5.56 Å². The standard InChI is InChI=1S/C22H17FN2O2/c23-16-11-9-15(10-12-16)13-24-21(26)14-25-19-7-3-1-5-17(19)22(27)18-6-2-4-8-20(18)25/h1-12H,13-14H2,(H,24,26). The Morgan fingerprint density at radius 2 is 1.41 bits per heavy atom. The molecule has 1 aromatic heterocycles. The average Bonchev–Trinajstić information content (AvgIpc) is 2.71. The van der Waals surface area contributed by atoms with E-state index in [2.05, 4.69) is 5.32 Å². The maximum absolute atomic E-state index is 13.0. The lowest BCUT2D eigenvalue weighted by Crippen LogP contribution is -2.28. The molecule has 4 nitrogen and oxygen atoms in total. The van der Waals surface area contributed by atoms with Gasteiger partial charge in [0.05, 0.1) is 11.0 Å². The van der Waals surface area contributed by atoms with Gasteiger partial charge in [0.1, 0.15) is 12.4 Å².